The van der Waals surface area contributed by atoms with E-state index in [1.807, 2.05) is 6.92 Å². The van der Waals surface area contributed by atoms with Crippen LogP contribution in [0.1, 0.15) is 117 Å². The predicted octanol–water partition coefficient (Wildman–Crippen LogP) is 7.01. The van der Waals surface area contributed by atoms with Crippen molar-refractivity contribution in [1.82, 2.24) is 0 Å². The van der Waals surface area contributed by atoms with E-state index in [2.05, 4.69) is 6.92 Å². The Labute approximate surface area is 250 Å². The van der Waals surface area contributed by atoms with Gasteiger partial charge >= 0.3 is 13.8 Å². The van der Waals surface area contributed by atoms with Crippen molar-refractivity contribution in [2.75, 3.05) is 72.7 Å². The fraction of sp³-hybridized carbons (Fsp3) is 0.967. The van der Waals surface area contributed by atoms with Gasteiger partial charge in [-0.25, -0.2) is 4.57 Å². The molecule has 1 atom stereocenters. The first-order chi connectivity index (χ1) is 20.0. The maximum absolute atomic E-state index is 11.8. The van der Waals surface area contributed by atoms with Gasteiger partial charge in [-0.3, -0.25) is 13.8 Å². The van der Waals surface area contributed by atoms with Gasteiger partial charge in [-0.05, 0) is 13.3 Å². The molecular formula is C30H61O10P. The molecule has 246 valence electrons. The van der Waals surface area contributed by atoms with E-state index in [-0.39, 0.29) is 39.0 Å². The maximum Gasteiger partial charge on any atom is 0.472 e. The molecule has 0 bridgehead atoms. The number of ether oxygens (including phenoxy) is 5. The summed E-state index contributed by atoms with van der Waals surface area (Å²) in [4.78, 5) is 21.3. The Morgan fingerprint density at radius 1 is 0.512 bits per heavy atom. The molecule has 0 aromatic carbocycles. The number of carbonyl (C=O) groups is 1. The van der Waals surface area contributed by atoms with E-state index in [4.69, 9.17) is 32.7 Å². The van der Waals surface area contributed by atoms with Crippen molar-refractivity contribution in [3.63, 3.8) is 0 Å². The highest BCUT2D eigenvalue weighted by molar-refractivity contribution is 7.47. The minimum Gasteiger partial charge on any atom is -0.463 e. The lowest BCUT2D eigenvalue weighted by molar-refractivity contribution is -0.145. The van der Waals surface area contributed by atoms with Crippen molar-refractivity contribution in [1.29, 1.82) is 0 Å². The van der Waals surface area contributed by atoms with Crippen LogP contribution in [-0.4, -0.2) is 83.5 Å². The molecule has 0 aromatic rings. The highest BCUT2D eigenvalue weighted by atomic mass is 31.2. The fourth-order valence-electron chi connectivity index (χ4n) is 4.07. The lowest BCUT2D eigenvalue weighted by atomic mass is 10.0. The van der Waals surface area contributed by atoms with Gasteiger partial charge < -0.3 is 28.6 Å². The molecule has 11 heteroatoms. The Hall–Kier alpha value is -0.580. The van der Waals surface area contributed by atoms with Crippen LogP contribution in [0.2, 0.25) is 0 Å². The summed E-state index contributed by atoms with van der Waals surface area (Å²) >= 11 is 0. The van der Waals surface area contributed by atoms with Crippen LogP contribution >= 0.6 is 7.82 Å². The molecule has 0 rings (SSSR count). The molecule has 0 aliphatic carbocycles. The van der Waals surface area contributed by atoms with Crippen molar-refractivity contribution >= 4 is 13.8 Å². The Bertz CT molecular complexity index is 594. The second-order valence-corrected chi connectivity index (χ2v) is 11.5. The number of rotatable bonds is 34. The lowest BCUT2D eigenvalue weighted by Crippen LogP contribution is -2.14. The number of carbonyl (C=O) groups excluding carboxylic acids is 1. The van der Waals surface area contributed by atoms with E-state index in [9.17, 15) is 14.3 Å². The summed E-state index contributed by atoms with van der Waals surface area (Å²) in [7, 11) is -4.08. The highest BCUT2D eigenvalue weighted by Crippen LogP contribution is 2.42. The molecule has 0 radical (unpaired) electrons. The van der Waals surface area contributed by atoms with E-state index in [0.29, 0.717) is 46.1 Å². The van der Waals surface area contributed by atoms with Crippen LogP contribution < -0.4 is 0 Å². The van der Waals surface area contributed by atoms with Crippen LogP contribution in [0.15, 0.2) is 0 Å². The van der Waals surface area contributed by atoms with Crippen LogP contribution in [0.3, 0.4) is 0 Å². The maximum atomic E-state index is 11.8. The van der Waals surface area contributed by atoms with Crippen molar-refractivity contribution in [3.05, 3.63) is 0 Å². The van der Waals surface area contributed by atoms with Crippen molar-refractivity contribution in [2.45, 2.75) is 117 Å². The zero-order valence-electron chi connectivity index (χ0n) is 26.2. The molecule has 0 saturated heterocycles. The van der Waals surface area contributed by atoms with Gasteiger partial charge in [-0.1, -0.05) is 96.8 Å². The van der Waals surface area contributed by atoms with Crippen LogP contribution in [0.5, 0.6) is 0 Å². The van der Waals surface area contributed by atoms with Gasteiger partial charge in [0.25, 0.3) is 0 Å². The zero-order chi connectivity index (χ0) is 30.1. The van der Waals surface area contributed by atoms with Crippen LogP contribution in [0, 0.1) is 0 Å². The summed E-state index contributed by atoms with van der Waals surface area (Å²) in [6.45, 7) is 6.96. The average molecular weight is 613 g/mol. The number of hydrogen-bond acceptors (Lipinski definition) is 9. The molecule has 0 aliphatic rings. The average Bonchev–Trinajstić information content (AvgIpc) is 2.95. The number of phosphoric ester groups is 1. The molecule has 10 nitrogen and oxygen atoms in total. The molecule has 0 spiro atoms. The third-order valence-electron chi connectivity index (χ3n) is 6.39. The predicted molar refractivity (Wildman–Crippen MR) is 161 cm³/mol. The van der Waals surface area contributed by atoms with Gasteiger partial charge in [0, 0.05) is 13.0 Å². The lowest BCUT2D eigenvalue weighted by Gasteiger charge is -2.12. The fourth-order valence-corrected chi connectivity index (χ4v) is 4.76. The van der Waals surface area contributed by atoms with Crippen LogP contribution in [0.25, 0.3) is 0 Å². The summed E-state index contributed by atoms with van der Waals surface area (Å²) in [5.74, 6) is -0.157. The molecule has 0 amide bonds. The van der Waals surface area contributed by atoms with Gasteiger partial charge in [0.05, 0.1) is 59.5 Å². The normalized spacial score (nSPS) is 13.0. The minimum atomic E-state index is -4.08. The van der Waals surface area contributed by atoms with Gasteiger partial charge in [-0.2, -0.15) is 0 Å². The second-order valence-electron chi connectivity index (χ2n) is 10.1. The molecule has 0 fully saturated rings. The topological polar surface area (TPSA) is 119 Å². The summed E-state index contributed by atoms with van der Waals surface area (Å²) in [6, 6.07) is 0. The first-order valence-corrected chi connectivity index (χ1v) is 17.6. The van der Waals surface area contributed by atoms with E-state index < -0.39 is 7.82 Å². The monoisotopic (exact) mass is 612 g/mol. The Morgan fingerprint density at radius 2 is 0.878 bits per heavy atom. The van der Waals surface area contributed by atoms with Gasteiger partial charge in [-0.15, -0.1) is 0 Å². The van der Waals surface area contributed by atoms with E-state index in [0.717, 1.165) is 12.8 Å². The van der Waals surface area contributed by atoms with E-state index in [1.165, 1.54) is 83.5 Å². The minimum absolute atomic E-state index is 0.0135. The number of phosphoric acid groups is 1. The smallest absolute Gasteiger partial charge is 0.463 e. The van der Waals surface area contributed by atoms with Crippen molar-refractivity contribution in [2.24, 2.45) is 0 Å². The summed E-state index contributed by atoms with van der Waals surface area (Å²) < 4.78 is 47.4. The summed E-state index contributed by atoms with van der Waals surface area (Å²) in [5.41, 5.74) is 0. The molecule has 1 unspecified atom stereocenters. The standard InChI is InChI=1S/C30H61O10P/c1-3-5-6-7-8-9-10-11-12-13-14-15-16-17-18-19-30(31)38-27-24-36-22-20-35-21-23-37-26-29-40-41(32,33)39-28-25-34-4-2/h3-29H2,1-2H3,(H,32,33). The van der Waals surface area contributed by atoms with Crippen molar-refractivity contribution in [3.8, 4) is 0 Å². The van der Waals surface area contributed by atoms with Crippen molar-refractivity contribution < 1.29 is 47.0 Å². The van der Waals surface area contributed by atoms with Gasteiger partial charge in [0.1, 0.15) is 6.61 Å². The quantitative estimate of drug-likeness (QED) is 0.0462. The molecule has 0 saturated carbocycles. The van der Waals surface area contributed by atoms with Crippen LogP contribution in [-0.2, 0) is 42.1 Å². The third kappa shape index (κ3) is 33.8. The molecule has 0 aliphatic heterocycles. The molecule has 0 heterocycles. The SMILES string of the molecule is CCCCCCCCCCCCCCCCCC(=O)OCCOCCOCCOCCOP(=O)(O)OCCOCC. The summed E-state index contributed by atoms with van der Waals surface area (Å²) in [5, 5.41) is 0. The number of unbranched alkanes of at least 4 members (excludes halogenated alkanes) is 14. The Balaban J connectivity index is 3.26. The molecular weight excluding hydrogens is 551 g/mol. The highest BCUT2D eigenvalue weighted by Gasteiger charge is 2.20. The molecule has 0 aromatic heterocycles. The van der Waals surface area contributed by atoms with Crippen LogP contribution in [0.4, 0.5) is 0 Å². The first-order valence-electron chi connectivity index (χ1n) is 16.1. The van der Waals surface area contributed by atoms with Gasteiger partial charge in [0.15, 0.2) is 0 Å². The van der Waals surface area contributed by atoms with E-state index in [1.54, 1.807) is 0 Å². The first kappa shape index (κ1) is 40.4. The zero-order valence-corrected chi connectivity index (χ0v) is 27.1. The number of hydrogen-bond donors (Lipinski definition) is 1. The second kappa shape index (κ2) is 32.3. The number of esters is 1. The molecule has 41 heavy (non-hydrogen) atoms. The Morgan fingerprint density at radius 3 is 1.32 bits per heavy atom. The molecule has 1 N–H and O–H groups in total. The van der Waals surface area contributed by atoms with Gasteiger partial charge in [0.2, 0.25) is 0 Å². The summed E-state index contributed by atoms with van der Waals surface area (Å²) in [6.07, 6.45) is 20.1. The largest absolute Gasteiger partial charge is 0.472 e. The van der Waals surface area contributed by atoms with E-state index >= 15 is 0 Å². The Kier molecular flexibility index (Phi) is 31.9. The third-order valence-corrected chi connectivity index (χ3v) is 7.41.